The van der Waals surface area contributed by atoms with Gasteiger partial charge in [0.05, 0.1) is 0 Å². The molecule has 1 aliphatic heterocycles. The standard InChI is InChI=1S/C22H25ClN2O2S/c23-18-6-2-1-5-16(18)9-12-22(10-3-4-11-22)25-21(28)24-17-7-8-19-20(15-17)27-14-13-26-19/h1-2,5-8,15H,3-4,9-14H2,(H2,24,25,28). The first kappa shape index (κ1) is 19.3. The van der Waals surface area contributed by atoms with Gasteiger partial charge in [-0.25, -0.2) is 0 Å². The second kappa shape index (κ2) is 8.58. The van der Waals surface area contributed by atoms with Gasteiger partial charge in [0.25, 0.3) is 0 Å². The Morgan fingerprint density at radius 1 is 1.04 bits per heavy atom. The van der Waals surface area contributed by atoms with Gasteiger partial charge in [-0.3, -0.25) is 0 Å². The zero-order valence-electron chi connectivity index (χ0n) is 15.8. The lowest BCUT2D eigenvalue weighted by molar-refractivity contribution is 0.171. The van der Waals surface area contributed by atoms with Crippen LogP contribution in [0.25, 0.3) is 0 Å². The lowest BCUT2D eigenvalue weighted by Gasteiger charge is -2.32. The van der Waals surface area contributed by atoms with Crippen LogP contribution in [0, 0.1) is 0 Å². The Morgan fingerprint density at radius 2 is 1.79 bits per heavy atom. The summed E-state index contributed by atoms with van der Waals surface area (Å²) in [6.45, 7) is 1.16. The highest BCUT2D eigenvalue weighted by molar-refractivity contribution is 7.80. The van der Waals surface area contributed by atoms with E-state index in [2.05, 4.69) is 16.7 Å². The molecule has 0 radical (unpaired) electrons. The first-order chi connectivity index (χ1) is 13.6. The molecule has 1 aliphatic carbocycles. The van der Waals surface area contributed by atoms with Gasteiger partial charge < -0.3 is 20.1 Å². The van der Waals surface area contributed by atoms with Gasteiger partial charge in [0.15, 0.2) is 16.6 Å². The van der Waals surface area contributed by atoms with Gasteiger partial charge in [0, 0.05) is 22.3 Å². The van der Waals surface area contributed by atoms with Crippen LogP contribution in [-0.4, -0.2) is 23.9 Å². The minimum absolute atomic E-state index is 0.0249. The molecule has 0 atom stereocenters. The molecule has 0 amide bonds. The Morgan fingerprint density at radius 3 is 2.57 bits per heavy atom. The lowest BCUT2D eigenvalue weighted by Crippen LogP contribution is -2.48. The molecule has 1 fully saturated rings. The van der Waals surface area contributed by atoms with Crippen LogP contribution in [0.1, 0.15) is 37.7 Å². The van der Waals surface area contributed by atoms with E-state index in [4.69, 9.17) is 33.3 Å². The van der Waals surface area contributed by atoms with Crippen LogP contribution in [0.5, 0.6) is 11.5 Å². The average molecular weight is 417 g/mol. The molecule has 1 saturated carbocycles. The molecule has 0 unspecified atom stereocenters. The molecule has 28 heavy (non-hydrogen) atoms. The number of fused-ring (bicyclic) bond motifs is 1. The Kier molecular flexibility index (Phi) is 5.93. The second-order valence-electron chi connectivity index (χ2n) is 7.52. The van der Waals surface area contributed by atoms with Crippen LogP contribution in [0.15, 0.2) is 42.5 Å². The average Bonchev–Trinajstić information content (AvgIpc) is 3.15. The molecular weight excluding hydrogens is 392 g/mol. The fourth-order valence-corrected chi connectivity index (χ4v) is 4.65. The molecule has 2 aromatic rings. The Bertz CT molecular complexity index is 852. The summed E-state index contributed by atoms with van der Waals surface area (Å²) < 4.78 is 11.2. The third-order valence-electron chi connectivity index (χ3n) is 5.57. The molecular formula is C22H25ClN2O2S. The van der Waals surface area contributed by atoms with E-state index >= 15 is 0 Å². The highest BCUT2D eigenvalue weighted by Gasteiger charge is 2.34. The van der Waals surface area contributed by atoms with E-state index in [0.717, 1.165) is 47.9 Å². The summed E-state index contributed by atoms with van der Waals surface area (Å²) in [5.74, 6) is 1.54. The third-order valence-corrected chi connectivity index (χ3v) is 6.14. The van der Waals surface area contributed by atoms with Gasteiger partial charge in [0.2, 0.25) is 0 Å². The van der Waals surface area contributed by atoms with Crippen molar-refractivity contribution in [2.24, 2.45) is 0 Å². The summed E-state index contributed by atoms with van der Waals surface area (Å²) in [5, 5.41) is 8.42. The largest absolute Gasteiger partial charge is 0.486 e. The van der Waals surface area contributed by atoms with Gasteiger partial charge in [-0.1, -0.05) is 42.6 Å². The van der Waals surface area contributed by atoms with Crippen molar-refractivity contribution in [3.05, 3.63) is 53.1 Å². The highest BCUT2D eigenvalue weighted by Crippen LogP contribution is 2.35. The van der Waals surface area contributed by atoms with Crippen molar-refractivity contribution in [3.63, 3.8) is 0 Å². The van der Waals surface area contributed by atoms with E-state index in [9.17, 15) is 0 Å². The number of rotatable bonds is 5. The zero-order valence-corrected chi connectivity index (χ0v) is 17.4. The van der Waals surface area contributed by atoms with E-state index < -0.39 is 0 Å². The maximum Gasteiger partial charge on any atom is 0.171 e. The molecule has 2 N–H and O–H groups in total. The fourth-order valence-electron chi connectivity index (χ4n) is 4.09. The van der Waals surface area contributed by atoms with Gasteiger partial charge in [-0.05, 0) is 61.7 Å². The van der Waals surface area contributed by atoms with Crippen molar-refractivity contribution < 1.29 is 9.47 Å². The highest BCUT2D eigenvalue weighted by atomic mass is 35.5. The normalized spacial score (nSPS) is 17.2. The Labute approximate surface area is 176 Å². The molecule has 0 saturated heterocycles. The summed E-state index contributed by atoms with van der Waals surface area (Å²) in [6.07, 6.45) is 6.66. The van der Waals surface area contributed by atoms with Crippen LogP contribution >= 0.6 is 23.8 Å². The van der Waals surface area contributed by atoms with Crippen molar-refractivity contribution >= 4 is 34.6 Å². The number of ether oxygens (including phenoxy) is 2. The number of hydrogen-bond donors (Lipinski definition) is 2. The van der Waals surface area contributed by atoms with Crippen LogP contribution < -0.4 is 20.1 Å². The molecule has 1 heterocycles. The van der Waals surface area contributed by atoms with Crippen molar-refractivity contribution in [2.45, 2.75) is 44.1 Å². The predicted molar refractivity (Wildman–Crippen MR) is 118 cm³/mol. The monoisotopic (exact) mass is 416 g/mol. The predicted octanol–water partition coefficient (Wildman–Crippen LogP) is 5.34. The minimum Gasteiger partial charge on any atom is -0.486 e. The molecule has 0 bridgehead atoms. The molecule has 2 aromatic carbocycles. The van der Waals surface area contributed by atoms with Gasteiger partial charge in [0.1, 0.15) is 13.2 Å². The second-order valence-corrected chi connectivity index (χ2v) is 8.33. The Hall–Kier alpha value is -1.98. The smallest absolute Gasteiger partial charge is 0.171 e. The van der Waals surface area contributed by atoms with E-state index in [1.807, 2.05) is 36.4 Å². The number of hydrogen-bond acceptors (Lipinski definition) is 3. The maximum atomic E-state index is 6.35. The SMILES string of the molecule is S=C(Nc1ccc2c(c1)OCCO2)NC1(CCc2ccccc2Cl)CCCC1. The Balaban J connectivity index is 1.40. The van der Waals surface area contributed by atoms with Crippen LogP contribution in [0.2, 0.25) is 5.02 Å². The topological polar surface area (TPSA) is 42.5 Å². The molecule has 6 heteroatoms. The molecule has 0 spiro atoms. The summed E-state index contributed by atoms with van der Waals surface area (Å²) in [5.41, 5.74) is 2.13. The van der Waals surface area contributed by atoms with Crippen LogP contribution in [-0.2, 0) is 6.42 Å². The van der Waals surface area contributed by atoms with E-state index in [0.29, 0.717) is 18.3 Å². The summed E-state index contributed by atoms with van der Waals surface area (Å²) in [4.78, 5) is 0. The lowest BCUT2D eigenvalue weighted by atomic mass is 9.89. The van der Waals surface area contributed by atoms with Crippen molar-refractivity contribution in [1.82, 2.24) is 5.32 Å². The number of anilines is 1. The van der Waals surface area contributed by atoms with E-state index in [1.165, 1.54) is 18.4 Å². The minimum atomic E-state index is 0.0249. The van der Waals surface area contributed by atoms with E-state index in [-0.39, 0.29) is 5.54 Å². The van der Waals surface area contributed by atoms with Crippen LogP contribution in [0.3, 0.4) is 0 Å². The molecule has 2 aliphatic rings. The van der Waals surface area contributed by atoms with Gasteiger partial charge in [-0.2, -0.15) is 0 Å². The van der Waals surface area contributed by atoms with Crippen molar-refractivity contribution in [1.29, 1.82) is 0 Å². The summed E-state index contributed by atoms with van der Waals surface area (Å²) in [7, 11) is 0. The summed E-state index contributed by atoms with van der Waals surface area (Å²) >= 11 is 12.0. The van der Waals surface area contributed by atoms with E-state index in [1.54, 1.807) is 0 Å². The fraction of sp³-hybridized carbons (Fsp3) is 0.409. The van der Waals surface area contributed by atoms with Crippen molar-refractivity contribution in [2.75, 3.05) is 18.5 Å². The zero-order chi connectivity index (χ0) is 19.4. The molecule has 148 valence electrons. The number of halogens is 1. The number of benzene rings is 2. The molecule has 0 aromatic heterocycles. The first-order valence-electron chi connectivity index (χ1n) is 9.86. The quantitative estimate of drug-likeness (QED) is 0.643. The number of thiocarbonyl (C=S) groups is 1. The summed E-state index contributed by atoms with van der Waals surface area (Å²) in [6, 6.07) is 13.9. The first-order valence-corrected chi connectivity index (χ1v) is 10.6. The number of nitrogens with one attached hydrogen (secondary N) is 2. The third kappa shape index (κ3) is 4.53. The molecule has 4 nitrogen and oxygen atoms in total. The van der Waals surface area contributed by atoms with Gasteiger partial charge >= 0.3 is 0 Å². The molecule has 4 rings (SSSR count). The maximum absolute atomic E-state index is 6.35. The number of aryl methyl sites for hydroxylation is 1. The van der Waals surface area contributed by atoms with Crippen LogP contribution in [0.4, 0.5) is 5.69 Å². The van der Waals surface area contributed by atoms with Crippen molar-refractivity contribution in [3.8, 4) is 11.5 Å². The van der Waals surface area contributed by atoms with Gasteiger partial charge in [-0.15, -0.1) is 0 Å².